The maximum atomic E-state index is 8.65. The monoisotopic (exact) mass is 313 g/mol. The Morgan fingerprint density at radius 2 is 0.727 bits per heavy atom. The molecule has 0 aromatic heterocycles. The van der Waals surface area contributed by atoms with Crippen LogP contribution in [-0.2, 0) is 0 Å². The summed E-state index contributed by atoms with van der Waals surface area (Å²) in [7, 11) is 0. The molecule has 0 aromatic carbocycles. The normalized spacial score (nSPS) is 11.5. The predicted molar refractivity (Wildman–Crippen MR) is 95.9 cm³/mol. The first-order chi connectivity index (χ1) is 10.8. The van der Waals surface area contributed by atoms with E-state index in [1.54, 1.807) is 0 Å². The Morgan fingerprint density at radius 3 is 1.00 bits per heavy atom. The molecule has 1 radical (unpaired) electrons. The second-order valence-electron chi connectivity index (χ2n) is 6.82. The molecule has 0 atom stereocenters. The van der Waals surface area contributed by atoms with Gasteiger partial charge >= 0.3 is 0 Å². The summed E-state index contributed by atoms with van der Waals surface area (Å²) in [5, 5.41) is 17.3. The van der Waals surface area contributed by atoms with Crippen molar-refractivity contribution in [1.82, 2.24) is 0 Å². The van der Waals surface area contributed by atoms with Crippen molar-refractivity contribution in [3.05, 3.63) is 6.29 Å². The summed E-state index contributed by atoms with van der Waals surface area (Å²) < 4.78 is 0. The molecule has 2 nitrogen and oxygen atoms in total. The summed E-state index contributed by atoms with van der Waals surface area (Å²) >= 11 is 0. The molecule has 0 rings (SSSR count). The van der Waals surface area contributed by atoms with Crippen molar-refractivity contribution in [2.75, 3.05) is 0 Å². The highest BCUT2D eigenvalue weighted by molar-refractivity contribution is 4.57. The molecule has 0 spiro atoms. The Bertz CT molecular complexity index is 192. The molecule has 0 amide bonds. The van der Waals surface area contributed by atoms with E-state index < -0.39 is 6.29 Å². The fraction of sp³-hybridized carbons (Fsp3) is 0.950. The van der Waals surface area contributed by atoms with Crippen molar-refractivity contribution in [3.8, 4) is 0 Å². The molecule has 2 heteroatoms. The molecule has 0 bridgehead atoms. The highest BCUT2D eigenvalue weighted by Crippen LogP contribution is 2.14. The lowest BCUT2D eigenvalue weighted by Gasteiger charge is -2.04. The van der Waals surface area contributed by atoms with Gasteiger partial charge in [-0.05, 0) is 6.42 Å². The molecule has 22 heavy (non-hydrogen) atoms. The summed E-state index contributed by atoms with van der Waals surface area (Å²) in [6.07, 6.45) is 23.1. The Labute approximate surface area is 139 Å². The lowest BCUT2D eigenvalue weighted by atomic mass is 10.0. The fourth-order valence-electron chi connectivity index (χ4n) is 3.01. The largest absolute Gasteiger partial charge is 0.361 e. The lowest BCUT2D eigenvalue weighted by Crippen LogP contribution is -1.92. The van der Waals surface area contributed by atoms with Crippen LogP contribution in [0.2, 0.25) is 0 Å². The van der Waals surface area contributed by atoms with Gasteiger partial charge in [-0.25, -0.2) is 0 Å². The highest BCUT2D eigenvalue weighted by atomic mass is 16.5. The lowest BCUT2D eigenvalue weighted by molar-refractivity contribution is 0.0704. The van der Waals surface area contributed by atoms with Gasteiger partial charge in [0.15, 0.2) is 0 Å². The Hall–Kier alpha value is -0.0800. The molecular weight excluding hydrogens is 272 g/mol. The van der Waals surface area contributed by atoms with E-state index in [-0.39, 0.29) is 0 Å². The zero-order chi connectivity index (χ0) is 16.3. The van der Waals surface area contributed by atoms with E-state index in [9.17, 15) is 0 Å². The summed E-state index contributed by atoms with van der Waals surface area (Å²) in [5.41, 5.74) is 0. The van der Waals surface area contributed by atoms with Gasteiger partial charge in [0.1, 0.15) is 0 Å². The van der Waals surface area contributed by atoms with Gasteiger partial charge in [-0.15, -0.1) is 0 Å². The Kier molecular flexibility index (Phi) is 18.9. The quantitative estimate of drug-likeness (QED) is 0.261. The minimum atomic E-state index is -0.402. The van der Waals surface area contributed by atoms with Crippen LogP contribution in [0.1, 0.15) is 122 Å². The van der Waals surface area contributed by atoms with Crippen LogP contribution in [0, 0.1) is 6.29 Å². The Morgan fingerprint density at radius 1 is 0.455 bits per heavy atom. The molecule has 0 unspecified atom stereocenters. The van der Waals surface area contributed by atoms with Crippen LogP contribution >= 0.6 is 0 Å². The first kappa shape index (κ1) is 21.9. The second kappa shape index (κ2) is 19.0. The van der Waals surface area contributed by atoms with Crippen molar-refractivity contribution >= 4 is 0 Å². The van der Waals surface area contributed by atoms with E-state index in [0.717, 1.165) is 12.8 Å². The van der Waals surface area contributed by atoms with Crippen LogP contribution in [0.5, 0.6) is 0 Å². The molecule has 0 aliphatic rings. The maximum absolute atomic E-state index is 8.65. The molecule has 0 aliphatic carbocycles. The fourth-order valence-corrected chi connectivity index (χ4v) is 3.01. The van der Waals surface area contributed by atoms with Gasteiger partial charge in [0.2, 0.25) is 6.29 Å². The third-order valence-corrected chi connectivity index (χ3v) is 4.50. The zero-order valence-corrected chi connectivity index (χ0v) is 15.1. The van der Waals surface area contributed by atoms with E-state index in [1.165, 1.54) is 96.3 Å². The van der Waals surface area contributed by atoms with E-state index in [2.05, 4.69) is 6.92 Å². The van der Waals surface area contributed by atoms with Crippen molar-refractivity contribution < 1.29 is 10.2 Å². The van der Waals surface area contributed by atoms with E-state index in [1.807, 2.05) is 0 Å². The van der Waals surface area contributed by atoms with Crippen molar-refractivity contribution in [2.45, 2.75) is 122 Å². The third-order valence-electron chi connectivity index (χ3n) is 4.50. The van der Waals surface area contributed by atoms with Crippen molar-refractivity contribution in [1.29, 1.82) is 0 Å². The summed E-state index contributed by atoms with van der Waals surface area (Å²) in [6, 6.07) is 0. The first-order valence-electron chi connectivity index (χ1n) is 10.0. The summed E-state index contributed by atoms with van der Waals surface area (Å²) in [6.45, 7) is 2.28. The van der Waals surface area contributed by atoms with Gasteiger partial charge in [0, 0.05) is 6.42 Å². The number of aliphatic hydroxyl groups excluding tert-OH is 1. The SMILES string of the molecule is CCCCCCCCCCCCCCCCCCC[C](O)O. The molecule has 2 N–H and O–H groups in total. The third kappa shape index (κ3) is 19.9. The molecule has 0 saturated carbocycles. The van der Waals surface area contributed by atoms with Crippen LogP contribution in [-0.4, -0.2) is 10.2 Å². The number of hydrogen-bond acceptors (Lipinski definition) is 2. The van der Waals surface area contributed by atoms with Gasteiger partial charge in [-0.3, -0.25) is 0 Å². The average molecular weight is 314 g/mol. The summed E-state index contributed by atoms with van der Waals surface area (Å²) in [4.78, 5) is 0. The Balaban J connectivity index is 2.94. The summed E-state index contributed by atoms with van der Waals surface area (Å²) in [5.74, 6) is 0. The minimum absolute atomic E-state index is 0.402. The number of hydrogen-bond donors (Lipinski definition) is 2. The highest BCUT2D eigenvalue weighted by Gasteiger charge is 1.98. The number of unbranched alkanes of at least 4 members (excludes halogenated alkanes) is 16. The smallest absolute Gasteiger partial charge is 0.218 e. The molecule has 0 aromatic rings. The molecule has 0 saturated heterocycles. The second-order valence-corrected chi connectivity index (χ2v) is 6.82. The number of aliphatic hydroxyl groups is 2. The van der Waals surface area contributed by atoms with Crippen molar-refractivity contribution in [2.24, 2.45) is 0 Å². The van der Waals surface area contributed by atoms with Gasteiger partial charge in [-0.2, -0.15) is 0 Å². The van der Waals surface area contributed by atoms with Crippen LogP contribution in [0.3, 0.4) is 0 Å². The van der Waals surface area contributed by atoms with Crippen LogP contribution in [0.25, 0.3) is 0 Å². The maximum Gasteiger partial charge on any atom is 0.218 e. The van der Waals surface area contributed by atoms with Gasteiger partial charge in [0.25, 0.3) is 0 Å². The van der Waals surface area contributed by atoms with Crippen molar-refractivity contribution in [3.63, 3.8) is 0 Å². The van der Waals surface area contributed by atoms with Crippen LogP contribution in [0.15, 0.2) is 0 Å². The minimum Gasteiger partial charge on any atom is -0.361 e. The van der Waals surface area contributed by atoms with Crippen LogP contribution in [0.4, 0.5) is 0 Å². The molecule has 0 fully saturated rings. The molecule has 133 valence electrons. The molecular formula is C20H41O2. The molecule has 0 heterocycles. The standard InChI is InChI=1S/C20H41O2/c1-2-3-4-5-6-7-8-9-10-11-12-13-14-15-16-17-18-19-20(21)22/h21-22H,2-19H2,1H3. The van der Waals surface area contributed by atoms with Gasteiger partial charge in [-0.1, -0.05) is 110 Å². The zero-order valence-electron chi connectivity index (χ0n) is 15.1. The molecule has 0 aliphatic heterocycles. The topological polar surface area (TPSA) is 40.5 Å². The first-order valence-corrected chi connectivity index (χ1v) is 10.0. The van der Waals surface area contributed by atoms with E-state index in [4.69, 9.17) is 10.2 Å². The van der Waals surface area contributed by atoms with E-state index >= 15 is 0 Å². The van der Waals surface area contributed by atoms with E-state index in [0.29, 0.717) is 6.42 Å². The van der Waals surface area contributed by atoms with Crippen LogP contribution < -0.4 is 0 Å². The van der Waals surface area contributed by atoms with Gasteiger partial charge < -0.3 is 10.2 Å². The average Bonchev–Trinajstić information content (AvgIpc) is 2.50. The van der Waals surface area contributed by atoms with Gasteiger partial charge in [0.05, 0.1) is 0 Å². The predicted octanol–water partition coefficient (Wildman–Crippen LogP) is 7.26. The number of rotatable bonds is 18.